The van der Waals surface area contributed by atoms with Crippen LogP contribution in [0.15, 0.2) is 75.5 Å². The summed E-state index contributed by atoms with van der Waals surface area (Å²) in [6.07, 6.45) is 3.19. The normalized spacial score (nSPS) is 14.5. The van der Waals surface area contributed by atoms with Gasteiger partial charge in [0.1, 0.15) is 5.75 Å². The summed E-state index contributed by atoms with van der Waals surface area (Å²) in [7, 11) is 1.69. The number of rotatable bonds is 9. The third-order valence-electron chi connectivity index (χ3n) is 6.31. The molecule has 35 heavy (non-hydrogen) atoms. The number of ether oxygens (including phenoxy) is 1. The van der Waals surface area contributed by atoms with E-state index < -0.39 is 5.56 Å². The zero-order chi connectivity index (χ0) is 24.6. The molecule has 1 fully saturated rings. The van der Waals surface area contributed by atoms with E-state index in [9.17, 15) is 9.59 Å². The van der Waals surface area contributed by atoms with Crippen LogP contribution in [0, 0.1) is 0 Å². The van der Waals surface area contributed by atoms with Crippen LogP contribution in [0.25, 0.3) is 0 Å². The summed E-state index contributed by atoms with van der Waals surface area (Å²) < 4.78 is 8.22. The van der Waals surface area contributed by atoms with Gasteiger partial charge in [-0.25, -0.2) is 4.79 Å². The van der Waals surface area contributed by atoms with Gasteiger partial charge in [-0.15, -0.1) is 0 Å². The number of benzene rings is 2. The summed E-state index contributed by atoms with van der Waals surface area (Å²) in [5.74, 6) is 0.874. The van der Waals surface area contributed by atoms with Crippen LogP contribution in [0.3, 0.4) is 0 Å². The molecule has 0 unspecified atom stereocenters. The Kier molecular flexibility index (Phi) is 7.99. The Morgan fingerprint density at radius 2 is 1.69 bits per heavy atom. The van der Waals surface area contributed by atoms with E-state index in [1.165, 1.54) is 15.3 Å². The Morgan fingerprint density at radius 3 is 2.40 bits per heavy atom. The van der Waals surface area contributed by atoms with Crippen molar-refractivity contribution in [1.82, 2.24) is 14.0 Å². The molecule has 0 amide bonds. The molecule has 1 N–H and O–H groups in total. The summed E-state index contributed by atoms with van der Waals surface area (Å²) in [6, 6.07) is 17.6. The highest BCUT2D eigenvalue weighted by Crippen LogP contribution is 2.28. The second-order valence-electron chi connectivity index (χ2n) is 8.54. The van der Waals surface area contributed by atoms with E-state index in [4.69, 9.17) is 9.94 Å². The smallest absolute Gasteiger partial charge is 0.331 e. The number of anilines is 1. The molecule has 0 bridgehead atoms. The number of hydrogen-bond donors (Lipinski definition) is 1. The highest BCUT2D eigenvalue weighted by atomic mass is 16.5. The minimum atomic E-state index is -0.446. The second-order valence-corrected chi connectivity index (χ2v) is 8.54. The highest BCUT2D eigenvalue weighted by molar-refractivity contribution is 5.77. The SMILES string of the molecule is COc1ccccc1N1CCN(CCCn2c(=O)c(C=NO)cn(Cc3ccccc3)c2=O)CC1. The monoisotopic (exact) mass is 477 g/mol. The van der Waals surface area contributed by atoms with E-state index in [1.54, 1.807) is 7.11 Å². The van der Waals surface area contributed by atoms with E-state index in [2.05, 4.69) is 21.0 Å². The van der Waals surface area contributed by atoms with Crippen LogP contribution >= 0.6 is 0 Å². The van der Waals surface area contributed by atoms with Crippen LogP contribution in [0.1, 0.15) is 17.5 Å². The molecule has 3 aromatic rings. The van der Waals surface area contributed by atoms with Gasteiger partial charge >= 0.3 is 5.69 Å². The van der Waals surface area contributed by atoms with Gasteiger partial charge in [-0.1, -0.05) is 47.6 Å². The lowest BCUT2D eigenvalue weighted by atomic mass is 10.2. The average molecular weight is 478 g/mol. The van der Waals surface area contributed by atoms with Gasteiger partial charge in [0, 0.05) is 38.9 Å². The molecule has 2 aromatic carbocycles. The number of hydrogen-bond acceptors (Lipinski definition) is 7. The van der Waals surface area contributed by atoms with Crippen LogP contribution in [-0.2, 0) is 13.1 Å². The molecule has 0 spiro atoms. The number of methoxy groups -OCH3 is 1. The maximum atomic E-state index is 13.1. The fourth-order valence-electron chi connectivity index (χ4n) is 4.47. The van der Waals surface area contributed by atoms with Crippen molar-refractivity contribution >= 4 is 11.9 Å². The molecular formula is C26H31N5O4. The van der Waals surface area contributed by atoms with Crippen molar-refractivity contribution in [3.8, 4) is 5.75 Å². The molecular weight excluding hydrogens is 446 g/mol. The molecule has 1 saturated heterocycles. The minimum Gasteiger partial charge on any atom is -0.495 e. The fraction of sp³-hybridized carbons (Fsp3) is 0.346. The van der Waals surface area contributed by atoms with Crippen molar-refractivity contribution in [2.24, 2.45) is 5.16 Å². The van der Waals surface area contributed by atoms with Crippen molar-refractivity contribution in [2.75, 3.05) is 44.7 Å². The largest absolute Gasteiger partial charge is 0.495 e. The van der Waals surface area contributed by atoms with Crippen molar-refractivity contribution < 1.29 is 9.94 Å². The summed E-state index contributed by atoms with van der Waals surface area (Å²) in [5, 5.41) is 12.0. The maximum absolute atomic E-state index is 13.1. The molecule has 4 rings (SSSR count). The molecule has 1 aliphatic rings. The molecule has 1 aliphatic heterocycles. The lowest BCUT2D eigenvalue weighted by molar-refractivity contribution is 0.248. The number of para-hydroxylation sites is 2. The van der Waals surface area contributed by atoms with Gasteiger partial charge in [0.05, 0.1) is 31.1 Å². The Labute approximate surface area is 204 Å². The number of aromatic nitrogens is 2. The van der Waals surface area contributed by atoms with Crippen molar-refractivity contribution in [2.45, 2.75) is 19.5 Å². The van der Waals surface area contributed by atoms with E-state index >= 15 is 0 Å². The Balaban J connectivity index is 1.40. The number of oxime groups is 1. The predicted molar refractivity (Wildman–Crippen MR) is 136 cm³/mol. The van der Waals surface area contributed by atoms with Crippen LogP contribution in [0.5, 0.6) is 5.75 Å². The molecule has 0 atom stereocenters. The van der Waals surface area contributed by atoms with E-state index in [0.717, 1.165) is 55.9 Å². The van der Waals surface area contributed by atoms with E-state index in [0.29, 0.717) is 19.5 Å². The lowest BCUT2D eigenvalue weighted by Gasteiger charge is -2.36. The number of nitrogens with zero attached hydrogens (tertiary/aromatic N) is 5. The van der Waals surface area contributed by atoms with Crippen LogP contribution < -0.4 is 20.9 Å². The van der Waals surface area contributed by atoms with Gasteiger partial charge in [0.25, 0.3) is 5.56 Å². The average Bonchev–Trinajstić information content (AvgIpc) is 2.90. The summed E-state index contributed by atoms with van der Waals surface area (Å²) in [5.41, 5.74) is 1.41. The lowest BCUT2D eigenvalue weighted by Crippen LogP contribution is -2.47. The van der Waals surface area contributed by atoms with Gasteiger partial charge in [-0.2, -0.15) is 0 Å². The Bertz CT molecular complexity index is 1260. The minimum absolute atomic E-state index is 0.174. The quantitative estimate of drug-likeness (QED) is 0.288. The number of piperazine rings is 1. The molecule has 2 heterocycles. The van der Waals surface area contributed by atoms with Crippen molar-refractivity contribution in [3.05, 3.63) is 92.8 Å². The Morgan fingerprint density at radius 1 is 0.971 bits per heavy atom. The molecule has 9 nitrogen and oxygen atoms in total. The van der Waals surface area contributed by atoms with Crippen molar-refractivity contribution in [3.63, 3.8) is 0 Å². The summed E-state index contributed by atoms with van der Waals surface area (Å²) in [4.78, 5) is 30.6. The first-order chi connectivity index (χ1) is 17.1. The van der Waals surface area contributed by atoms with E-state index in [1.807, 2.05) is 48.5 Å². The predicted octanol–water partition coefficient (Wildman–Crippen LogP) is 2.09. The maximum Gasteiger partial charge on any atom is 0.331 e. The molecule has 184 valence electrons. The third kappa shape index (κ3) is 5.81. The van der Waals surface area contributed by atoms with Crippen LogP contribution in [-0.4, -0.2) is 65.3 Å². The highest BCUT2D eigenvalue weighted by Gasteiger charge is 2.19. The van der Waals surface area contributed by atoms with Gasteiger partial charge in [-0.05, 0) is 30.7 Å². The van der Waals surface area contributed by atoms with Crippen LogP contribution in [0.2, 0.25) is 0 Å². The zero-order valence-electron chi connectivity index (χ0n) is 19.9. The van der Waals surface area contributed by atoms with Gasteiger partial charge in [-0.3, -0.25) is 18.8 Å². The van der Waals surface area contributed by atoms with Crippen LogP contribution in [0.4, 0.5) is 5.69 Å². The third-order valence-corrected chi connectivity index (χ3v) is 6.31. The van der Waals surface area contributed by atoms with Crippen molar-refractivity contribution in [1.29, 1.82) is 0 Å². The standard InChI is InChI=1S/C26H31N5O4/c1-35-24-11-6-5-10-23(24)29-16-14-28(15-17-29)12-7-13-31-25(32)22(18-27-34)20-30(26(31)33)19-21-8-3-2-4-9-21/h2-6,8-11,18,20,34H,7,12-17,19H2,1H3. The van der Waals surface area contributed by atoms with E-state index in [-0.39, 0.29) is 11.3 Å². The summed E-state index contributed by atoms with van der Waals surface area (Å²) in [6.45, 7) is 4.95. The topological polar surface area (TPSA) is 92.3 Å². The van der Waals surface area contributed by atoms with Gasteiger partial charge < -0.3 is 14.8 Å². The molecule has 9 heteroatoms. The second kappa shape index (κ2) is 11.5. The first kappa shape index (κ1) is 24.3. The zero-order valence-corrected chi connectivity index (χ0v) is 19.9. The molecule has 0 saturated carbocycles. The molecule has 0 aliphatic carbocycles. The molecule has 1 aromatic heterocycles. The first-order valence-corrected chi connectivity index (χ1v) is 11.8. The molecule has 0 radical (unpaired) electrons. The fourth-order valence-corrected chi connectivity index (χ4v) is 4.47. The van der Waals surface area contributed by atoms with Gasteiger partial charge in [0.15, 0.2) is 0 Å². The van der Waals surface area contributed by atoms with Gasteiger partial charge in [0.2, 0.25) is 0 Å². The Hall–Kier alpha value is -3.85. The first-order valence-electron chi connectivity index (χ1n) is 11.8. The summed E-state index contributed by atoms with van der Waals surface area (Å²) >= 11 is 0.